The summed E-state index contributed by atoms with van der Waals surface area (Å²) in [6, 6.07) is 5.54. The van der Waals surface area contributed by atoms with E-state index in [2.05, 4.69) is 39.1 Å². The van der Waals surface area contributed by atoms with Gasteiger partial charge >= 0.3 is 0 Å². The van der Waals surface area contributed by atoms with Crippen LogP contribution in [0.25, 0.3) is 17.2 Å². The van der Waals surface area contributed by atoms with Crippen LogP contribution in [-0.2, 0) is 0 Å². The SMILES string of the molecule is COc1cncc(/C=C/C[C@@H](NC(=O)c2nc3ncccc3[nH]2)C(C)C)c1. The number of pyridine rings is 2. The molecule has 0 spiro atoms. The highest BCUT2D eigenvalue weighted by molar-refractivity contribution is 5.93. The first-order valence-corrected chi connectivity index (χ1v) is 8.84. The standard InChI is InChI=1S/C20H23N5O2/c1-13(2)16(7-4-6-14-10-15(27-3)12-21-11-14)24-20(26)19-23-17-8-5-9-22-18(17)25-19/h4-6,8-13,16H,7H2,1-3H3,(H,24,26)(H,22,23,25)/b6-4+/t16-/m1/s1. The lowest BCUT2D eigenvalue weighted by atomic mass is 10.00. The van der Waals surface area contributed by atoms with E-state index in [1.54, 1.807) is 31.8 Å². The van der Waals surface area contributed by atoms with E-state index in [9.17, 15) is 4.79 Å². The zero-order valence-electron chi connectivity index (χ0n) is 15.6. The summed E-state index contributed by atoms with van der Waals surface area (Å²) >= 11 is 0. The molecule has 0 aromatic carbocycles. The number of amides is 1. The number of carbonyl (C=O) groups excluding carboxylic acids is 1. The first kappa shape index (κ1) is 18.6. The van der Waals surface area contributed by atoms with Gasteiger partial charge in [0, 0.05) is 18.4 Å². The van der Waals surface area contributed by atoms with Crippen molar-refractivity contribution in [1.82, 2.24) is 25.3 Å². The smallest absolute Gasteiger partial charge is 0.287 e. The molecule has 0 bridgehead atoms. The highest BCUT2D eigenvalue weighted by Gasteiger charge is 2.18. The van der Waals surface area contributed by atoms with E-state index in [-0.39, 0.29) is 23.7 Å². The summed E-state index contributed by atoms with van der Waals surface area (Å²) in [5.41, 5.74) is 2.23. The average molecular weight is 365 g/mol. The molecule has 3 aromatic rings. The summed E-state index contributed by atoms with van der Waals surface area (Å²) < 4.78 is 5.18. The van der Waals surface area contributed by atoms with E-state index >= 15 is 0 Å². The Morgan fingerprint density at radius 1 is 1.37 bits per heavy atom. The Morgan fingerprint density at radius 3 is 2.96 bits per heavy atom. The molecule has 0 aliphatic rings. The number of H-pyrrole nitrogens is 1. The topological polar surface area (TPSA) is 92.8 Å². The maximum Gasteiger partial charge on any atom is 0.287 e. The van der Waals surface area contributed by atoms with Crippen LogP contribution in [0.1, 0.15) is 36.5 Å². The van der Waals surface area contributed by atoms with Gasteiger partial charge in [0.2, 0.25) is 0 Å². The van der Waals surface area contributed by atoms with E-state index in [0.29, 0.717) is 17.8 Å². The Hall–Kier alpha value is -3.22. The molecule has 0 fully saturated rings. The summed E-state index contributed by atoms with van der Waals surface area (Å²) in [6.45, 7) is 4.15. The second-order valence-corrected chi connectivity index (χ2v) is 6.58. The second kappa shape index (κ2) is 8.44. The van der Waals surface area contributed by atoms with Crippen LogP contribution in [-0.4, -0.2) is 39.0 Å². The minimum absolute atomic E-state index is 0.0199. The van der Waals surface area contributed by atoms with Gasteiger partial charge in [-0.25, -0.2) is 9.97 Å². The van der Waals surface area contributed by atoms with Crippen LogP contribution in [0.2, 0.25) is 0 Å². The minimum Gasteiger partial charge on any atom is -0.495 e. The molecular weight excluding hydrogens is 342 g/mol. The number of hydrogen-bond acceptors (Lipinski definition) is 5. The lowest BCUT2D eigenvalue weighted by Gasteiger charge is -2.20. The van der Waals surface area contributed by atoms with Crippen LogP contribution >= 0.6 is 0 Å². The Bertz CT molecular complexity index is 915. The highest BCUT2D eigenvalue weighted by atomic mass is 16.5. The van der Waals surface area contributed by atoms with Crippen LogP contribution in [0.4, 0.5) is 0 Å². The van der Waals surface area contributed by atoms with Crippen molar-refractivity contribution in [3.8, 4) is 5.75 Å². The van der Waals surface area contributed by atoms with Crippen molar-refractivity contribution in [2.75, 3.05) is 7.11 Å². The number of carbonyl (C=O) groups is 1. The van der Waals surface area contributed by atoms with Gasteiger partial charge in [-0.3, -0.25) is 9.78 Å². The van der Waals surface area contributed by atoms with Crippen molar-refractivity contribution in [2.45, 2.75) is 26.3 Å². The summed E-state index contributed by atoms with van der Waals surface area (Å²) in [7, 11) is 1.61. The molecule has 27 heavy (non-hydrogen) atoms. The third-order valence-electron chi connectivity index (χ3n) is 4.26. The van der Waals surface area contributed by atoms with Crippen LogP contribution in [0.15, 0.2) is 42.9 Å². The minimum atomic E-state index is -0.233. The van der Waals surface area contributed by atoms with Gasteiger partial charge in [-0.15, -0.1) is 0 Å². The van der Waals surface area contributed by atoms with E-state index in [4.69, 9.17) is 4.74 Å². The van der Waals surface area contributed by atoms with Crippen molar-refractivity contribution in [3.63, 3.8) is 0 Å². The summed E-state index contributed by atoms with van der Waals surface area (Å²) in [5, 5.41) is 3.05. The zero-order valence-corrected chi connectivity index (χ0v) is 15.6. The van der Waals surface area contributed by atoms with Crippen molar-refractivity contribution in [2.24, 2.45) is 5.92 Å². The number of hydrogen-bond donors (Lipinski definition) is 2. The summed E-state index contributed by atoms with van der Waals surface area (Å²) in [6.07, 6.45) is 9.78. The number of aromatic amines is 1. The molecule has 0 aliphatic carbocycles. The van der Waals surface area contributed by atoms with Gasteiger partial charge in [0.25, 0.3) is 5.91 Å². The van der Waals surface area contributed by atoms with Gasteiger partial charge in [0.15, 0.2) is 11.5 Å². The highest BCUT2D eigenvalue weighted by Crippen LogP contribution is 2.14. The fraction of sp³-hybridized carbons (Fsp3) is 0.300. The van der Waals surface area contributed by atoms with Crippen LogP contribution in [0, 0.1) is 5.92 Å². The Labute approximate surface area is 157 Å². The van der Waals surface area contributed by atoms with Crippen molar-refractivity contribution < 1.29 is 9.53 Å². The van der Waals surface area contributed by atoms with Gasteiger partial charge in [-0.05, 0) is 36.1 Å². The molecule has 1 amide bonds. The monoisotopic (exact) mass is 365 g/mol. The van der Waals surface area contributed by atoms with Crippen LogP contribution in [0.5, 0.6) is 5.75 Å². The predicted octanol–water partition coefficient (Wildman–Crippen LogP) is 3.22. The number of imidazole rings is 1. The largest absolute Gasteiger partial charge is 0.495 e. The fourth-order valence-electron chi connectivity index (χ4n) is 2.68. The number of ether oxygens (including phenoxy) is 1. The number of fused-ring (bicyclic) bond motifs is 1. The van der Waals surface area contributed by atoms with Crippen molar-refractivity contribution in [1.29, 1.82) is 0 Å². The number of rotatable bonds is 7. The number of nitrogens with zero attached hydrogens (tertiary/aromatic N) is 3. The normalized spacial score (nSPS) is 12.6. The number of nitrogens with one attached hydrogen (secondary N) is 2. The maximum atomic E-state index is 12.6. The molecule has 3 rings (SSSR count). The predicted molar refractivity (Wildman–Crippen MR) is 104 cm³/mol. The molecule has 3 aromatic heterocycles. The Balaban J connectivity index is 1.66. The molecule has 0 radical (unpaired) electrons. The molecule has 0 unspecified atom stereocenters. The molecule has 7 heteroatoms. The van der Waals surface area contributed by atoms with Gasteiger partial charge in [0.05, 0.1) is 18.8 Å². The maximum absolute atomic E-state index is 12.6. The van der Waals surface area contributed by atoms with Crippen molar-refractivity contribution in [3.05, 3.63) is 54.3 Å². The van der Waals surface area contributed by atoms with Crippen LogP contribution < -0.4 is 10.1 Å². The third-order valence-corrected chi connectivity index (χ3v) is 4.26. The first-order chi connectivity index (χ1) is 13.1. The van der Waals surface area contributed by atoms with Gasteiger partial charge in [-0.1, -0.05) is 26.0 Å². The van der Waals surface area contributed by atoms with Gasteiger partial charge in [0.1, 0.15) is 5.75 Å². The molecule has 1 atom stereocenters. The quantitative estimate of drug-likeness (QED) is 0.671. The Kier molecular flexibility index (Phi) is 5.80. The molecule has 0 saturated heterocycles. The molecule has 0 aliphatic heterocycles. The number of methoxy groups -OCH3 is 1. The molecule has 0 saturated carbocycles. The Morgan fingerprint density at radius 2 is 2.22 bits per heavy atom. The average Bonchev–Trinajstić information content (AvgIpc) is 3.11. The fourth-order valence-corrected chi connectivity index (χ4v) is 2.68. The lowest BCUT2D eigenvalue weighted by molar-refractivity contribution is 0.0917. The molecule has 3 heterocycles. The first-order valence-electron chi connectivity index (χ1n) is 8.84. The van der Waals surface area contributed by atoms with E-state index in [1.165, 1.54) is 0 Å². The van der Waals surface area contributed by atoms with Crippen molar-refractivity contribution >= 4 is 23.1 Å². The molecule has 7 nitrogen and oxygen atoms in total. The third kappa shape index (κ3) is 4.69. The summed E-state index contributed by atoms with van der Waals surface area (Å²) in [4.78, 5) is 28.1. The van der Waals surface area contributed by atoms with E-state index in [1.807, 2.05) is 24.3 Å². The molecular formula is C20H23N5O2. The van der Waals surface area contributed by atoms with Crippen LogP contribution in [0.3, 0.4) is 0 Å². The number of aromatic nitrogens is 4. The van der Waals surface area contributed by atoms with Gasteiger partial charge < -0.3 is 15.0 Å². The lowest BCUT2D eigenvalue weighted by Crippen LogP contribution is -2.38. The van der Waals surface area contributed by atoms with Gasteiger partial charge in [-0.2, -0.15) is 0 Å². The summed E-state index contributed by atoms with van der Waals surface area (Å²) in [5.74, 6) is 1.02. The van der Waals surface area contributed by atoms with E-state index < -0.39 is 0 Å². The molecule has 140 valence electrons. The molecule has 2 N–H and O–H groups in total. The second-order valence-electron chi connectivity index (χ2n) is 6.58. The zero-order chi connectivity index (χ0) is 19.2. The van der Waals surface area contributed by atoms with E-state index in [0.717, 1.165) is 11.1 Å².